The summed E-state index contributed by atoms with van der Waals surface area (Å²) in [5, 5.41) is 0.460. The number of carbonyl (C=O) groups is 1. The van der Waals surface area contributed by atoms with E-state index in [4.69, 9.17) is 9.15 Å². The summed E-state index contributed by atoms with van der Waals surface area (Å²) in [5.74, 6) is 0.959. The van der Waals surface area contributed by atoms with E-state index in [0.717, 1.165) is 11.1 Å². The van der Waals surface area contributed by atoms with Gasteiger partial charge in [0.25, 0.3) is 0 Å². The molecule has 0 bridgehead atoms. The summed E-state index contributed by atoms with van der Waals surface area (Å²) in [5.41, 5.74) is 4.02. The van der Waals surface area contributed by atoms with Crippen LogP contribution in [0.1, 0.15) is 15.9 Å². The Kier molecular flexibility index (Phi) is 5.79. The Morgan fingerprint density at radius 2 is 1.35 bits per heavy atom. The monoisotopic (exact) mass is 446 g/mol. The Labute approximate surface area is 197 Å². The van der Waals surface area contributed by atoms with Crippen LogP contribution in [0.2, 0.25) is 0 Å². The van der Waals surface area contributed by atoms with Gasteiger partial charge in [-0.25, -0.2) is 0 Å². The molecule has 5 aromatic rings. The van der Waals surface area contributed by atoms with Crippen molar-refractivity contribution in [2.24, 2.45) is 0 Å². The second kappa shape index (κ2) is 9.20. The lowest BCUT2D eigenvalue weighted by Crippen LogP contribution is -2.16. The van der Waals surface area contributed by atoms with Gasteiger partial charge in [-0.2, -0.15) is 0 Å². The van der Waals surface area contributed by atoms with Crippen LogP contribution in [-0.2, 0) is 6.42 Å². The van der Waals surface area contributed by atoms with Crippen molar-refractivity contribution in [2.45, 2.75) is 6.42 Å². The third-order valence-corrected chi connectivity index (χ3v) is 5.90. The van der Waals surface area contributed by atoms with Gasteiger partial charge in [0.1, 0.15) is 17.1 Å². The quantitative estimate of drug-likeness (QED) is 0.277. The number of hydrogen-bond donors (Lipinski definition) is 0. The third kappa shape index (κ3) is 4.14. The normalized spacial score (nSPS) is 10.9. The number of ether oxygens (including phenoxy) is 1. The van der Waals surface area contributed by atoms with Crippen LogP contribution in [0.3, 0.4) is 0 Å². The van der Waals surface area contributed by atoms with Gasteiger partial charge in [0, 0.05) is 17.5 Å². The van der Waals surface area contributed by atoms with E-state index in [1.165, 1.54) is 0 Å². The van der Waals surface area contributed by atoms with E-state index >= 15 is 0 Å². The Hall–Kier alpha value is -4.44. The van der Waals surface area contributed by atoms with Gasteiger partial charge < -0.3 is 9.15 Å². The van der Waals surface area contributed by atoms with Gasteiger partial charge in [0.2, 0.25) is 0 Å². The molecule has 4 heteroatoms. The van der Waals surface area contributed by atoms with Crippen LogP contribution >= 0.6 is 0 Å². The topological polar surface area (TPSA) is 56.5 Å². The molecule has 4 aromatic carbocycles. The third-order valence-electron chi connectivity index (χ3n) is 5.90. The molecular weight excluding hydrogens is 424 g/mol. The zero-order valence-electron chi connectivity index (χ0n) is 18.7. The van der Waals surface area contributed by atoms with Crippen LogP contribution in [0.15, 0.2) is 112 Å². The molecule has 34 heavy (non-hydrogen) atoms. The summed E-state index contributed by atoms with van der Waals surface area (Å²) in [4.78, 5) is 26.6. The van der Waals surface area contributed by atoms with Gasteiger partial charge in [-0.05, 0) is 47.5 Å². The molecule has 0 unspecified atom stereocenters. The summed E-state index contributed by atoms with van der Waals surface area (Å²) in [7, 11) is 1.60. The van der Waals surface area contributed by atoms with Gasteiger partial charge in [-0.1, -0.05) is 66.7 Å². The van der Waals surface area contributed by atoms with Crippen molar-refractivity contribution in [2.75, 3.05) is 7.11 Å². The molecule has 0 amide bonds. The summed E-state index contributed by atoms with van der Waals surface area (Å²) in [6.45, 7) is 0. The Balaban J connectivity index is 1.54. The van der Waals surface area contributed by atoms with Crippen LogP contribution in [0, 0.1) is 0 Å². The minimum absolute atomic E-state index is 0.0563. The average Bonchev–Trinajstić information content (AvgIpc) is 2.91. The van der Waals surface area contributed by atoms with Crippen molar-refractivity contribution in [1.29, 1.82) is 0 Å². The zero-order valence-corrected chi connectivity index (χ0v) is 18.7. The van der Waals surface area contributed by atoms with E-state index in [-0.39, 0.29) is 17.6 Å². The predicted molar refractivity (Wildman–Crippen MR) is 134 cm³/mol. The van der Waals surface area contributed by atoms with Crippen molar-refractivity contribution in [3.8, 4) is 28.2 Å². The lowest BCUT2D eigenvalue weighted by Gasteiger charge is -2.11. The van der Waals surface area contributed by atoms with E-state index in [9.17, 15) is 9.59 Å². The number of carbonyl (C=O) groups excluding carboxylic acids is 1. The maximum atomic E-state index is 13.4. The highest BCUT2D eigenvalue weighted by atomic mass is 16.5. The molecule has 5 rings (SSSR count). The highest BCUT2D eigenvalue weighted by Gasteiger charge is 2.20. The maximum absolute atomic E-state index is 13.4. The number of rotatable bonds is 6. The first-order valence-corrected chi connectivity index (χ1v) is 11.0. The van der Waals surface area contributed by atoms with Crippen molar-refractivity contribution in [1.82, 2.24) is 0 Å². The van der Waals surface area contributed by atoms with Crippen molar-refractivity contribution < 1.29 is 13.9 Å². The minimum atomic E-state index is -0.193. The molecule has 0 aliphatic carbocycles. The lowest BCUT2D eigenvalue weighted by atomic mass is 9.96. The molecule has 1 aromatic heterocycles. The van der Waals surface area contributed by atoms with E-state index < -0.39 is 0 Å². The SMILES string of the molecule is COc1ccc(-c2oc3ccccc3c(=O)c2CC(=O)c2ccc(-c3ccccc3)cc2)cc1. The van der Waals surface area contributed by atoms with Gasteiger partial charge >= 0.3 is 0 Å². The molecular formula is C30H22O4. The van der Waals surface area contributed by atoms with E-state index in [0.29, 0.717) is 39.2 Å². The van der Waals surface area contributed by atoms with E-state index in [1.807, 2.05) is 60.7 Å². The largest absolute Gasteiger partial charge is 0.497 e. The average molecular weight is 447 g/mol. The molecule has 0 spiro atoms. The summed E-state index contributed by atoms with van der Waals surface area (Å²) < 4.78 is 11.4. The number of methoxy groups -OCH3 is 1. The Morgan fingerprint density at radius 1 is 0.735 bits per heavy atom. The molecule has 0 aliphatic heterocycles. The first-order valence-electron chi connectivity index (χ1n) is 11.0. The predicted octanol–water partition coefficient (Wildman–Crippen LogP) is 6.56. The zero-order chi connectivity index (χ0) is 23.5. The van der Waals surface area contributed by atoms with Crippen molar-refractivity contribution >= 4 is 16.8 Å². The standard InChI is InChI=1S/C30H22O4/c1-33-24-17-15-23(16-18-24)30-26(29(32)25-9-5-6-10-28(25)34-30)19-27(31)22-13-11-21(12-14-22)20-7-3-2-4-8-20/h2-18H,19H2,1H3. The van der Waals surface area contributed by atoms with Gasteiger partial charge in [-0.3, -0.25) is 9.59 Å². The van der Waals surface area contributed by atoms with Crippen molar-refractivity contribution in [3.63, 3.8) is 0 Å². The molecule has 0 radical (unpaired) electrons. The minimum Gasteiger partial charge on any atom is -0.497 e. The van der Waals surface area contributed by atoms with Crippen LogP contribution in [-0.4, -0.2) is 12.9 Å². The fourth-order valence-electron chi connectivity index (χ4n) is 4.06. The van der Waals surface area contributed by atoms with Gasteiger partial charge in [0.15, 0.2) is 11.2 Å². The lowest BCUT2D eigenvalue weighted by molar-refractivity contribution is 0.0992. The van der Waals surface area contributed by atoms with E-state index in [1.54, 1.807) is 49.6 Å². The smallest absolute Gasteiger partial charge is 0.196 e. The molecule has 0 saturated carbocycles. The Morgan fingerprint density at radius 3 is 2.06 bits per heavy atom. The van der Waals surface area contributed by atoms with Gasteiger partial charge in [-0.15, -0.1) is 0 Å². The highest BCUT2D eigenvalue weighted by Crippen LogP contribution is 2.29. The molecule has 0 N–H and O–H groups in total. The first kappa shape index (κ1) is 21.4. The fourth-order valence-corrected chi connectivity index (χ4v) is 4.06. The number of ketones is 1. The number of hydrogen-bond acceptors (Lipinski definition) is 4. The molecule has 166 valence electrons. The maximum Gasteiger partial charge on any atom is 0.196 e. The number of para-hydroxylation sites is 1. The van der Waals surface area contributed by atoms with Crippen LogP contribution in [0.5, 0.6) is 5.75 Å². The summed E-state index contributed by atoms with van der Waals surface area (Å²) in [6, 6.07) is 31.8. The Bertz CT molecular complexity index is 1510. The van der Waals surface area contributed by atoms with Crippen molar-refractivity contribution in [3.05, 3.63) is 124 Å². The fraction of sp³-hybridized carbons (Fsp3) is 0.0667. The summed E-state index contributed by atoms with van der Waals surface area (Å²) in [6.07, 6.45) is -0.0563. The molecule has 4 nitrogen and oxygen atoms in total. The van der Waals surface area contributed by atoms with Crippen LogP contribution in [0.4, 0.5) is 0 Å². The van der Waals surface area contributed by atoms with Crippen LogP contribution < -0.4 is 10.2 Å². The van der Waals surface area contributed by atoms with Gasteiger partial charge in [0.05, 0.1) is 18.1 Å². The van der Waals surface area contributed by atoms with E-state index in [2.05, 4.69) is 0 Å². The molecule has 1 heterocycles. The second-order valence-corrected chi connectivity index (χ2v) is 8.01. The molecule has 0 saturated heterocycles. The summed E-state index contributed by atoms with van der Waals surface area (Å²) >= 11 is 0. The molecule has 0 atom stereocenters. The number of Topliss-reactive ketones (excluding diaryl/α,β-unsaturated/α-hetero) is 1. The second-order valence-electron chi connectivity index (χ2n) is 8.01. The first-order chi connectivity index (χ1) is 16.6. The number of benzene rings is 4. The molecule has 0 aliphatic rings. The van der Waals surface area contributed by atoms with Crippen LogP contribution in [0.25, 0.3) is 33.4 Å². The highest BCUT2D eigenvalue weighted by molar-refractivity contribution is 5.99. The molecule has 0 fully saturated rings. The number of fused-ring (bicyclic) bond motifs is 1.